The first kappa shape index (κ1) is 25.1. The Balaban J connectivity index is 1.17. The molecule has 0 spiro atoms. The molecule has 3 aromatic rings. The minimum atomic E-state index is -0.329. The number of ether oxygens (including phenoxy) is 3. The van der Waals surface area contributed by atoms with E-state index in [-0.39, 0.29) is 36.4 Å². The Morgan fingerprint density at radius 2 is 2.08 bits per heavy atom. The van der Waals surface area contributed by atoms with Gasteiger partial charge in [-0.25, -0.2) is 9.37 Å². The van der Waals surface area contributed by atoms with Crippen molar-refractivity contribution >= 4 is 38.5 Å². The number of carbonyl (C=O) groups is 2. The van der Waals surface area contributed by atoms with Gasteiger partial charge in [-0.3, -0.25) is 14.5 Å². The van der Waals surface area contributed by atoms with E-state index in [1.54, 1.807) is 23.0 Å². The first-order chi connectivity index (χ1) is 18.5. The number of rotatable bonds is 9. The number of hydrogen-bond acceptors (Lipinski definition) is 7. The zero-order valence-electron chi connectivity index (χ0n) is 21.2. The van der Waals surface area contributed by atoms with Crippen LogP contribution < -0.4 is 14.4 Å². The van der Waals surface area contributed by atoms with Crippen molar-refractivity contribution in [3.8, 4) is 11.5 Å². The Morgan fingerprint density at radius 3 is 2.84 bits per heavy atom. The molecule has 0 N–H and O–H groups in total. The van der Waals surface area contributed by atoms with Gasteiger partial charge < -0.3 is 19.1 Å². The molecule has 2 saturated heterocycles. The van der Waals surface area contributed by atoms with Gasteiger partial charge in [0.15, 0.2) is 22.9 Å². The van der Waals surface area contributed by atoms with Crippen LogP contribution in [0.4, 0.5) is 9.52 Å². The van der Waals surface area contributed by atoms with Crippen molar-refractivity contribution in [3.63, 3.8) is 0 Å². The molecule has 200 valence electrons. The minimum absolute atomic E-state index is 0.0121. The van der Waals surface area contributed by atoms with E-state index in [1.807, 2.05) is 18.2 Å². The third-order valence-electron chi connectivity index (χ3n) is 7.35. The molecule has 3 heterocycles. The van der Waals surface area contributed by atoms with Gasteiger partial charge in [-0.05, 0) is 61.1 Å². The number of amides is 2. The fourth-order valence-electron chi connectivity index (χ4n) is 5.07. The van der Waals surface area contributed by atoms with E-state index in [1.165, 1.54) is 23.5 Å². The van der Waals surface area contributed by atoms with Gasteiger partial charge in [0, 0.05) is 31.8 Å². The predicted octanol–water partition coefficient (Wildman–Crippen LogP) is 4.72. The lowest BCUT2D eigenvalue weighted by atomic mass is 9.98. The van der Waals surface area contributed by atoms with Gasteiger partial charge >= 0.3 is 0 Å². The number of thiazole rings is 1. The van der Waals surface area contributed by atoms with Crippen molar-refractivity contribution in [2.75, 3.05) is 38.3 Å². The van der Waals surface area contributed by atoms with Crippen LogP contribution in [0.25, 0.3) is 10.2 Å². The van der Waals surface area contributed by atoms with Crippen LogP contribution in [0, 0.1) is 11.7 Å². The van der Waals surface area contributed by atoms with E-state index < -0.39 is 0 Å². The van der Waals surface area contributed by atoms with Gasteiger partial charge in [-0.1, -0.05) is 17.4 Å². The number of nitrogens with zero attached hydrogens (tertiary/aromatic N) is 3. The molecule has 3 fully saturated rings. The molecule has 0 radical (unpaired) electrons. The first-order valence-corrected chi connectivity index (χ1v) is 13.9. The molecule has 1 aromatic heterocycles. The monoisotopic (exact) mass is 539 g/mol. The van der Waals surface area contributed by atoms with Gasteiger partial charge in [0.2, 0.25) is 11.8 Å². The summed E-state index contributed by atoms with van der Waals surface area (Å²) >= 11 is 1.31. The summed E-state index contributed by atoms with van der Waals surface area (Å²) < 4.78 is 31.5. The summed E-state index contributed by atoms with van der Waals surface area (Å²) in [5.74, 6) is 1.04. The molecule has 1 aliphatic carbocycles. The third kappa shape index (κ3) is 5.33. The second-order valence-corrected chi connectivity index (χ2v) is 11.2. The number of hydrogen-bond donors (Lipinski definition) is 0. The molecule has 6 rings (SSSR count). The predicted molar refractivity (Wildman–Crippen MR) is 141 cm³/mol. The molecule has 10 heteroatoms. The second kappa shape index (κ2) is 10.5. The van der Waals surface area contributed by atoms with Crippen LogP contribution in [-0.2, 0) is 14.3 Å². The molecule has 1 unspecified atom stereocenters. The molecule has 1 saturated carbocycles. The SMILES string of the molecule is COc1ccc([C@@H]2CC(=O)N(CC(=O)N(CC3CC3)c3nc4ccc(F)cc4s3)C2)cc1OC1CCCO1. The van der Waals surface area contributed by atoms with Crippen LogP contribution in [0.5, 0.6) is 11.5 Å². The lowest BCUT2D eigenvalue weighted by Crippen LogP contribution is -2.42. The highest BCUT2D eigenvalue weighted by Gasteiger charge is 2.35. The fourth-order valence-corrected chi connectivity index (χ4v) is 6.08. The van der Waals surface area contributed by atoms with Gasteiger partial charge in [-0.2, -0.15) is 0 Å². The number of methoxy groups -OCH3 is 1. The van der Waals surface area contributed by atoms with Crippen LogP contribution in [0.15, 0.2) is 36.4 Å². The number of halogens is 1. The average Bonchev–Trinajstić information content (AvgIpc) is 3.24. The zero-order valence-corrected chi connectivity index (χ0v) is 22.0. The van der Waals surface area contributed by atoms with Crippen molar-refractivity contribution in [1.29, 1.82) is 0 Å². The van der Waals surface area contributed by atoms with Crippen molar-refractivity contribution in [2.24, 2.45) is 5.92 Å². The maximum Gasteiger partial charge on any atom is 0.248 e. The fraction of sp³-hybridized carbons (Fsp3) is 0.464. The Kier molecular flexibility index (Phi) is 6.92. The lowest BCUT2D eigenvalue weighted by Gasteiger charge is -2.23. The first-order valence-electron chi connectivity index (χ1n) is 13.1. The summed E-state index contributed by atoms with van der Waals surface area (Å²) in [5.41, 5.74) is 1.63. The summed E-state index contributed by atoms with van der Waals surface area (Å²) in [5, 5.41) is 0.553. The zero-order chi connectivity index (χ0) is 26.2. The molecule has 2 atom stereocenters. The molecule has 2 amide bonds. The van der Waals surface area contributed by atoms with Crippen LogP contribution in [0.3, 0.4) is 0 Å². The van der Waals surface area contributed by atoms with Crippen molar-refractivity contribution < 1.29 is 28.2 Å². The summed E-state index contributed by atoms with van der Waals surface area (Å²) in [7, 11) is 1.60. The smallest absolute Gasteiger partial charge is 0.248 e. The Hall–Kier alpha value is -3.24. The van der Waals surface area contributed by atoms with Gasteiger partial charge in [-0.15, -0.1) is 0 Å². The van der Waals surface area contributed by atoms with Crippen molar-refractivity contribution in [3.05, 3.63) is 47.8 Å². The molecular formula is C28H30FN3O5S. The van der Waals surface area contributed by atoms with Crippen LogP contribution in [0.2, 0.25) is 0 Å². The van der Waals surface area contributed by atoms with Crippen molar-refractivity contribution in [2.45, 2.75) is 44.3 Å². The third-order valence-corrected chi connectivity index (χ3v) is 8.40. The summed E-state index contributed by atoms with van der Waals surface area (Å²) in [4.78, 5) is 34.4. The number of benzene rings is 2. The molecule has 0 bridgehead atoms. The maximum absolute atomic E-state index is 13.7. The van der Waals surface area contributed by atoms with Crippen LogP contribution >= 0.6 is 11.3 Å². The van der Waals surface area contributed by atoms with E-state index in [2.05, 4.69) is 4.98 Å². The van der Waals surface area contributed by atoms with Crippen LogP contribution in [-0.4, -0.2) is 61.3 Å². The standard InChI is InChI=1S/C28H30FN3O5S/c1-35-22-9-6-18(11-23(22)37-27-3-2-10-36-27)19-12-25(33)31(15-19)16-26(34)32(14-17-4-5-17)28-30-21-8-7-20(29)13-24(21)38-28/h6-9,11,13,17,19,27H,2-5,10,12,14-16H2,1H3/t19-,27?/m1/s1. The normalized spacial score (nSPS) is 21.3. The van der Waals surface area contributed by atoms with Crippen LogP contribution in [0.1, 0.15) is 43.6 Å². The summed E-state index contributed by atoms with van der Waals surface area (Å²) in [6, 6.07) is 10.2. The van der Waals surface area contributed by atoms with Gasteiger partial charge in [0.1, 0.15) is 12.4 Å². The molecule has 2 aliphatic heterocycles. The molecular weight excluding hydrogens is 509 g/mol. The Morgan fingerprint density at radius 1 is 1.21 bits per heavy atom. The second-order valence-electron chi connectivity index (χ2n) is 10.2. The number of likely N-dealkylation sites (tertiary alicyclic amines) is 1. The largest absolute Gasteiger partial charge is 0.493 e. The lowest BCUT2D eigenvalue weighted by molar-refractivity contribution is -0.132. The van der Waals surface area contributed by atoms with Gasteiger partial charge in [0.05, 0.1) is 23.9 Å². The van der Waals surface area contributed by atoms with E-state index >= 15 is 0 Å². The highest BCUT2D eigenvalue weighted by molar-refractivity contribution is 7.22. The minimum Gasteiger partial charge on any atom is -0.493 e. The molecule has 3 aliphatic rings. The van der Waals surface area contributed by atoms with E-state index in [9.17, 15) is 14.0 Å². The van der Waals surface area contributed by atoms with E-state index in [0.29, 0.717) is 58.9 Å². The quantitative estimate of drug-likeness (QED) is 0.392. The highest BCUT2D eigenvalue weighted by atomic mass is 32.1. The number of carbonyl (C=O) groups excluding carboxylic acids is 2. The summed E-state index contributed by atoms with van der Waals surface area (Å²) in [6.45, 7) is 1.67. The van der Waals surface area contributed by atoms with Crippen molar-refractivity contribution in [1.82, 2.24) is 9.88 Å². The Labute approximate surface area is 224 Å². The number of anilines is 1. The molecule has 8 nitrogen and oxygen atoms in total. The summed E-state index contributed by atoms with van der Waals surface area (Å²) in [6.07, 6.45) is 3.95. The van der Waals surface area contributed by atoms with E-state index in [0.717, 1.165) is 31.2 Å². The van der Waals surface area contributed by atoms with E-state index in [4.69, 9.17) is 14.2 Å². The topological polar surface area (TPSA) is 81.2 Å². The number of aromatic nitrogens is 1. The van der Waals surface area contributed by atoms with Gasteiger partial charge in [0.25, 0.3) is 0 Å². The Bertz CT molecular complexity index is 1350. The highest BCUT2D eigenvalue weighted by Crippen LogP contribution is 2.38. The average molecular weight is 540 g/mol. The number of fused-ring (bicyclic) bond motifs is 1. The molecule has 2 aromatic carbocycles. The maximum atomic E-state index is 13.7. The molecule has 38 heavy (non-hydrogen) atoms.